The Bertz CT molecular complexity index is 1270. The second-order valence-electron chi connectivity index (χ2n) is 8.81. The van der Waals surface area contributed by atoms with Crippen LogP contribution in [0.25, 0.3) is 16.9 Å². The minimum atomic E-state index is -0.931. The average Bonchev–Trinajstić information content (AvgIpc) is 3.25. The molecule has 9 heteroatoms. The summed E-state index contributed by atoms with van der Waals surface area (Å²) in [5.74, 6) is -0.776. The number of carboxylic acids is 1. The maximum atomic E-state index is 13.1. The Balaban J connectivity index is 0.00000274. The Hall–Kier alpha value is -4.24. The van der Waals surface area contributed by atoms with E-state index < -0.39 is 5.97 Å². The molecule has 2 aromatic carbocycles. The van der Waals surface area contributed by atoms with E-state index in [-0.39, 0.29) is 25.2 Å². The fraction of sp³-hybridized carbons (Fsp3) is 0.355. The first-order valence-electron chi connectivity index (χ1n) is 13.8. The lowest BCUT2D eigenvalue weighted by Gasteiger charge is -2.14. The fourth-order valence-corrected chi connectivity index (χ4v) is 4.31. The van der Waals surface area contributed by atoms with Gasteiger partial charge in [-0.05, 0) is 51.9 Å². The molecule has 0 atom stereocenters. The second kappa shape index (κ2) is 17.4. The third-order valence-electron chi connectivity index (χ3n) is 6.05. The molecule has 0 fully saturated rings. The second-order valence-corrected chi connectivity index (χ2v) is 8.81. The van der Waals surface area contributed by atoms with Gasteiger partial charge in [-0.2, -0.15) is 0 Å². The molecule has 3 aromatic rings. The molecular formula is C31H42N6O3. The Labute approximate surface area is 237 Å². The minimum absolute atomic E-state index is 0.0756. The van der Waals surface area contributed by atoms with Gasteiger partial charge >= 0.3 is 5.97 Å². The van der Waals surface area contributed by atoms with E-state index in [0.717, 1.165) is 42.0 Å². The highest BCUT2D eigenvalue weighted by atomic mass is 16.4. The van der Waals surface area contributed by atoms with Gasteiger partial charge in [0.2, 0.25) is 5.91 Å². The highest BCUT2D eigenvalue weighted by Gasteiger charge is 2.27. The minimum Gasteiger partial charge on any atom is -0.481 e. The number of benzene rings is 2. The van der Waals surface area contributed by atoms with Gasteiger partial charge in [-0.15, -0.1) is 0 Å². The largest absolute Gasteiger partial charge is 0.481 e. The summed E-state index contributed by atoms with van der Waals surface area (Å²) in [6, 6.07) is 19.7. The Kier molecular flexibility index (Phi) is 13.9. The van der Waals surface area contributed by atoms with Gasteiger partial charge in [0.1, 0.15) is 0 Å². The van der Waals surface area contributed by atoms with Crippen molar-refractivity contribution in [3.8, 4) is 16.9 Å². The molecule has 0 bridgehead atoms. The number of aliphatic carboxylic acids is 1. The highest BCUT2D eigenvalue weighted by molar-refractivity contribution is 6.13. The lowest BCUT2D eigenvalue weighted by Crippen LogP contribution is -2.15. The van der Waals surface area contributed by atoms with E-state index in [4.69, 9.17) is 15.8 Å². The lowest BCUT2D eigenvalue weighted by atomic mass is 10.1. The van der Waals surface area contributed by atoms with E-state index in [0.29, 0.717) is 23.6 Å². The van der Waals surface area contributed by atoms with Crippen molar-refractivity contribution in [2.45, 2.75) is 52.9 Å². The summed E-state index contributed by atoms with van der Waals surface area (Å²) in [7, 11) is 1.92. The fourth-order valence-electron chi connectivity index (χ4n) is 4.31. The topological polar surface area (TPSA) is 134 Å². The summed E-state index contributed by atoms with van der Waals surface area (Å²) >= 11 is 0. The predicted octanol–water partition coefficient (Wildman–Crippen LogP) is 5.41. The maximum Gasteiger partial charge on any atom is 0.303 e. The summed E-state index contributed by atoms with van der Waals surface area (Å²) in [5, 5.41) is 15.2. The predicted molar refractivity (Wildman–Crippen MR) is 165 cm³/mol. The zero-order valence-corrected chi connectivity index (χ0v) is 24.0. The van der Waals surface area contributed by atoms with Crippen LogP contribution in [-0.2, 0) is 9.59 Å². The molecule has 0 unspecified atom stereocenters. The lowest BCUT2D eigenvalue weighted by molar-refractivity contribution is -0.137. The molecule has 0 spiro atoms. The van der Waals surface area contributed by atoms with Crippen molar-refractivity contribution in [3.63, 3.8) is 0 Å². The summed E-state index contributed by atoms with van der Waals surface area (Å²) in [6.45, 7) is 7.42. The molecule has 0 radical (unpaired) electrons. The number of para-hydroxylation sites is 1. The van der Waals surface area contributed by atoms with Crippen LogP contribution < -0.4 is 16.4 Å². The van der Waals surface area contributed by atoms with Crippen LogP contribution in [0.4, 0.5) is 5.69 Å². The van der Waals surface area contributed by atoms with Crippen molar-refractivity contribution in [3.05, 3.63) is 71.9 Å². The van der Waals surface area contributed by atoms with Crippen molar-refractivity contribution in [1.29, 1.82) is 0 Å². The number of carboxylic acid groups (broad SMARTS) is 1. The summed E-state index contributed by atoms with van der Waals surface area (Å²) in [6.07, 6.45) is 3.28. The van der Waals surface area contributed by atoms with Crippen LogP contribution >= 0.6 is 0 Å². The van der Waals surface area contributed by atoms with Crippen molar-refractivity contribution < 1.29 is 14.7 Å². The van der Waals surface area contributed by atoms with Crippen LogP contribution in [0, 0.1) is 6.92 Å². The Morgan fingerprint density at radius 2 is 1.62 bits per heavy atom. The number of nitrogens with two attached hydrogens (primary N) is 1. The third kappa shape index (κ3) is 8.91. The number of anilines is 1. The molecule has 0 saturated carbocycles. The Morgan fingerprint density at radius 3 is 2.23 bits per heavy atom. The number of aliphatic imine (C=N–C) groups is 2. The van der Waals surface area contributed by atoms with E-state index in [2.05, 4.69) is 20.2 Å². The number of nitrogens with zero attached hydrogens (tertiary/aromatic N) is 3. The van der Waals surface area contributed by atoms with E-state index in [1.54, 1.807) is 0 Å². The van der Waals surface area contributed by atoms with Gasteiger partial charge in [0, 0.05) is 36.3 Å². The molecular weight excluding hydrogens is 504 g/mol. The van der Waals surface area contributed by atoms with Gasteiger partial charge in [-0.25, -0.2) is 4.99 Å². The van der Waals surface area contributed by atoms with Crippen LogP contribution in [0.2, 0.25) is 0 Å². The summed E-state index contributed by atoms with van der Waals surface area (Å²) in [5.41, 5.74) is 10.4. The van der Waals surface area contributed by atoms with E-state index in [9.17, 15) is 9.59 Å². The van der Waals surface area contributed by atoms with Gasteiger partial charge in [-0.3, -0.25) is 14.6 Å². The van der Waals surface area contributed by atoms with Gasteiger partial charge in [0.05, 0.1) is 23.3 Å². The number of rotatable bonds is 13. The number of amidine groups is 1. The SMILES string of the molecule is CC.CNCCCCN=C(N=CN)c1c(NC(=O)CCCC(=O)O)c(-c2ccccc2)n(-c2ccccc2)c1C. The van der Waals surface area contributed by atoms with E-state index in [1.807, 2.05) is 88.5 Å². The first-order valence-corrected chi connectivity index (χ1v) is 13.8. The van der Waals surface area contributed by atoms with Crippen molar-refractivity contribution >= 4 is 29.7 Å². The molecule has 1 aromatic heterocycles. The van der Waals surface area contributed by atoms with Crippen molar-refractivity contribution in [2.24, 2.45) is 15.7 Å². The van der Waals surface area contributed by atoms with Gasteiger partial charge in [0.25, 0.3) is 0 Å². The smallest absolute Gasteiger partial charge is 0.303 e. The molecule has 0 aliphatic carbocycles. The first kappa shape index (κ1) is 32.0. The molecule has 9 nitrogen and oxygen atoms in total. The number of carbonyl (C=O) groups excluding carboxylic acids is 1. The molecule has 0 aliphatic heterocycles. The van der Waals surface area contributed by atoms with Crippen LogP contribution in [0.15, 0.2) is 70.6 Å². The monoisotopic (exact) mass is 546 g/mol. The number of nitrogens with one attached hydrogen (secondary N) is 2. The quantitative estimate of drug-likeness (QED) is 0.129. The van der Waals surface area contributed by atoms with E-state index >= 15 is 0 Å². The number of unbranched alkanes of at least 4 members (excludes halogenated alkanes) is 1. The van der Waals surface area contributed by atoms with Crippen LogP contribution in [-0.4, -0.2) is 53.9 Å². The Morgan fingerprint density at radius 1 is 0.975 bits per heavy atom. The number of aromatic nitrogens is 1. The third-order valence-corrected chi connectivity index (χ3v) is 6.05. The molecule has 3 rings (SSSR count). The van der Waals surface area contributed by atoms with Crippen LogP contribution in [0.3, 0.4) is 0 Å². The van der Waals surface area contributed by atoms with Gasteiger partial charge in [0.15, 0.2) is 5.84 Å². The first-order chi connectivity index (χ1) is 19.5. The zero-order valence-electron chi connectivity index (χ0n) is 24.0. The molecule has 1 heterocycles. The average molecular weight is 547 g/mol. The van der Waals surface area contributed by atoms with Crippen molar-refractivity contribution in [2.75, 3.05) is 25.5 Å². The normalized spacial score (nSPS) is 11.2. The number of hydrogen-bond donors (Lipinski definition) is 4. The van der Waals surface area contributed by atoms with E-state index in [1.165, 1.54) is 6.34 Å². The van der Waals surface area contributed by atoms with Crippen molar-refractivity contribution in [1.82, 2.24) is 9.88 Å². The van der Waals surface area contributed by atoms with Crippen LogP contribution in [0.5, 0.6) is 0 Å². The van der Waals surface area contributed by atoms with Gasteiger partial charge in [-0.1, -0.05) is 62.4 Å². The summed E-state index contributed by atoms with van der Waals surface area (Å²) in [4.78, 5) is 33.3. The summed E-state index contributed by atoms with van der Waals surface area (Å²) < 4.78 is 2.08. The molecule has 40 heavy (non-hydrogen) atoms. The molecule has 214 valence electrons. The number of hydrogen-bond acceptors (Lipinski definition) is 4. The number of carbonyl (C=O) groups is 2. The van der Waals surface area contributed by atoms with Gasteiger partial charge < -0.3 is 26.0 Å². The van der Waals surface area contributed by atoms with Crippen LogP contribution in [0.1, 0.15) is 57.2 Å². The molecule has 0 aliphatic rings. The zero-order chi connectivity index (χ0) is 29.3. The molecule has 5 N–H and O–H groups in total. The standard InChI is InChI=1S/C29H36N6O3.C2H6/c1-21-26(29(33-20-30)32-19-10-9-18-31-2)27(34-24(36)16-11-17-25(37)38)28(22-12-5-3-6-13-22)35(21)23-14-7-4-8-15-23;1-2/h3-8,12-15,20,31H,9-11,16-19H2,1-2H3,(H,34,36)(H,37,38)(H2,30,32,33);1-2H3. The molecule has 0 saturated heterocycles. The number of amides is 1. The highest BCUT2D eigenvalue weighted by Crippen LogP contribution is 2.39. The molecule has 1 amide bonds. The maximum absolute atomic E-state index is 13.1.